The zero-order valence-electron chi connectivity index (χ0n) is 13.0. The molecule has 0 heterocycles. The number of carbonyl (C=O) groups excluding carboxylic acids is 1. The van der Waals surface area contributed by atoms with Crippen molar-refractivity contribution in [2.45, 2.75) is 44.4 Å². The van der Waals surface area contributed by atoms with E-state index in [1.54, 1.807) is 11.0 Å². The maximum Gasteiger partial charge on any atom is 0.416 e. The maximum atomic E-state index is 13.1. The molecule has 0 unspecified atom stereocenters. The van der Waals surface area contributed by atoms with Crippen molar-refractivity contribution >= 4 is 18.3 Å². The van der Waals surface area contributed by atoms with Crippen molar-refractivity contribution in [3.63, 3.8) is 0 Å². The molecule has 1 aromatic carbocycles. The first-order valence-electron chi connectivity index (χ1n) is 7.52. The minimum Gasteiger partial charge on any atom is -0.335 e. The van der Waals surface area contributed by atoms with E-state index in [4.69, 9.17) is 0 Å². The Labute approximate surface area is 140 Å². The number of hydrogen-bond acceptors (Lipinski definition) is 2. The lowest BCUT2D eigenvalue weighted by Gasteiger charge is -2.24. The molecule has 1 amide bonds. The van der Waals surface area contributed by atoms with Crippen LogP contribution in [-0.2, 0) is 17.5 Å². The van der Waals surface area contributed by atoms with Crippen LogP contribution < -0.4 is 5.32 Å². The lowest BCUT2D eigenvalue weighted by atomic mass is 10.1. The molecule has 1 aliphatic rings. The Morgan fingerprint density at radius 3 is 2.52 bits per heavy atom. The molecule has 0 saturated heterocycles. The Balaban J connectivity index is 0.00000264. The van der Waals surface area contributed by atoms with Crippen LogP contribution in [0.15, 0.2) is 24.3 Å². The third-order valence-corrected chi connectivity index (χ3v) is 3.79. The average molecular weight is 351 g/mol. The molecule has 2 rings (SSSR count). The number of alkyl halides is 3. The molecule has 23 heavy (non-hydrogen) atoms. The lowest BCUT2D eigenvalue weighted by molar-refractivity contribution is -0.140. The van der Waals surface area contributed by atoms with Gasteiger partial charge in [0.2, 0.25) is 5.91 Å². The van der Waals surface area contributed by atoms with Crippen LogP contribution in [0.4, 0.5) is 13.2 Å². The highest BCUT2D eigenvalue weighted by atomic mass is 35.5. The van der Waals surface area contributed by atoms with Gasteiger partial charge in [0, 0.05) is 19.0 Å². The normalized spacial score (nSPS) is 14.3. The molecule has 3 nitrogen and oxygen atoms in total. The van der Waals surface area contributed by atoms with Gasteiger partial charge in [0.05, 0.1) is 5.56 Å². The number of rotatable bonds is 7. The van der Waals surface area contributed by atoms with E-state index in [1.807, 2.05) is 7.05 Å². The van der Waals surface area contributed by atoms with Crippen LogP contribution in [0.25, 0.3) is 0 Å². The monoisotopic (exact) mass is 350 g/mol. The van der Waals surface area contributed by atoms with Crippen molar-refractivity contribution in [2.24, 2.45) is 0 Å². The van der Waals surface area contributed by atoms with Gasteiger partial charge in [-0.15, -0.1) is 12.4 Å². The van der Waals surface area contributed by atoms with Crippen LogP contribution in [0.3, 0.4) is 0 Å². The van der Waals surface area contributed by atoms with Crippen molar-refractivity contribution in [1.82, 2.24) is 10.2 Å². The second kappa shape index (κ2) is 8.55. The Hall–Kier alpha value is -1.27. The summed E-state index contributed by atoms with van der Waals surface area (Å²) in [4.78, 5) is 13.9. The summed E-state index contributed by atoms with van der Waals surface area (Å²) in [7, 11) is 1.81. The highest BCUT2D eigenvalue weighted by molar-refractivity contribution is 5.85. The van der Waals surface area contributed by atoms with Gasteiger partial charge in [0.1, 0.15) is 0 Å². The molecule has 0 aliphatic heterocycles. The van der Waals surface area contributed by atoms with Crippen LogP contribution >= 0.6 is 12.4 Å². The molecule has 1 N–H and O–H groups in total. The second-order valence-electron chi connectivity index (χ2n) is 5.61. The molecule has 130 valence electrons. The van der Waals surface area contributed by atoms with Crippen LogP contribution in [0.1, 0.15) is 36.8 Å². The van der Waals surface area contributed by atoms with Crippen molar-refractivity contribution in [3.05, 3.63) is 35.4 Å². The summed E-state index contributed by atoms with van der Waals surface area (Å²) in [5.41, 5.74) is -0.479. The van der Waals surface area contributed by atoms with Gasteiger partial charge in [-0.3, -0.25) is 4.79 Å². The summed E-state index contributed by atoms with van der Waals surface area (Å²) in [6.45, 7) is 0.766. The Morgan fingerprint density at radius 1 is 1.30 bits per heavy atom. The van der Waals surface area contributed by atoms with E-state index < -0.39 is 11.7 Å². The Morgan fingerprint density at radius 2 is 1.96 bits per heavy atom. The molecular weight excluding hydrogens is 329 g/mol. The molecule has 1 fully saturated rings. The largest absolute Gasteiger partial charge is 0.416 e. The fourth-order valence-electron chi connectivity index (χ4n) is 2.49. The smallest absolute Gasteiger partial charge is 0.335 e. The minimum absolute atomic E-state index is 0. The third-order valence-electron chi connectivity index (χ3n) is 3.79. The summed E-state index contributed by atoms with van der Waals surface area (Å²) in [5.74, 6) is -0.0604. The summed E-state index contributed by atoms with van der Waals surface area (Å²) < 4.78 is 39.2. The van der Waals surface area contributed by atoms with E-state index in [0.717, 1.165) is 25.5 Å². The predicted octanol–water partition coefficient (Wildman–Crippen LogP) is 3.62. The van der Waals surface area contributed by atoms with Gasteiger partial charge in [-0.1, -0.05) is 18.2 Å². The lowest BCUT2D eigenvalue weighted by Crippen LogP contribution is -2.33. The van der Waals surface area contributed by atoms with Crippen molar-refractivity contribution in [2.75, 3.05) is 13.6 Å². The molecule has 0 atom stereocenters. The highest BCUT2D eigenvalue weighted by Gasteiger charge is 2.36. The molecule has 1 aliphatic carbocycles. The average Bonchev–Trinajstić information content (AvgIpc) is 3.28. The zero-order chi connectivity index (χ0) is 16.2. The number of hydrogen-bond donors (Lipinski definition) is 1. The van der Waals surface area contributed by atoms with Gasteiger partial charge in [-0.25, -0.2) is 0 Å². The molecule has 7 heteroatoms. The number of nitrogens with zero attached hydrogens (tertiary/aromatic N) is 1. The minimum atomic E-state index is -4.39. The van der Waals surface area contributed by atoms with Crippen LogP contribution in [0, 0.1) is 0 Å². The quantitative estimate of drug-likeness (QED) is 0.762. The first-order valence-corrected chi connectivity index (χ1v) is 7.52. The maximum absolute atomic E-state index is 13.1. The number of carbonyl (C=O) groups is 1. The van der Waals surface area contributed by atoms with Crippen molar-refractivity contribution in [3.8, 4) is 0 Å². The number of amides is 1. The molecule has 0 bridgehead atoms. The van der Waals surface area contributed by atoms with Gasteiger partial charge in [-0.2, -0.15) is 13.2 Å². The van der Waals surface area contributed by atoms with Crippen LogP contribution in [-0.4, -0.2) is 30.4 Å². The fourth-order valence-corrected chi connectivity index (χ4v) is 2.49. The summed E-state index contributed by atoms with van der Waals surface area (Å²) >= 11 is 0. The van der Waals surface area contributed by atoms with E-state index in [2.05, 4.69) is 5.32 Å². The number of halogens is 4. The number of nitrogens with one attached hydrogen (secondary N) is 1. The fraction of sp³-hybridized carbons (Fsp3) is 0.562. The van der Waals surface area contributed by atoms with E-state index in [0.29, 0.717) is 12.8 Å². The van der Waals surface area contributed by atoms with E-state index in [9.17, 15) is 18.0 Å². The molecule has 1 saturated carbocycles. The Kier molecular flexibility index (Phi) is 7.35. The summed E-state index contributed by atoms with van der Waals surface area (Å²) in [5, 5.41) is 2.97. The molecule has 1 aromatic rings. The van der Waals surface area contributed by atoms with E-state index >= 15 is 0 Å². The number of benzene rings is 1. The predicted molar refractivity (Wildman–Crippen MR) is 85.4 cm³/mol. The molecule has 0 radical (unpaired) electrons. The van der Waals surface area contributed by atoms with E-state index in [-0.39, 0.29) is 36.5 Å². The van der Waals surface area contributed by atoms with Crippen LogP contribution in [0.2, 0.25) is 0 Å². The zero-order valence-corrected chi connectivity index (χ0v) is 13.8. The van der Waals surface area contributed by atoms with Gasteiger partial charge in [-0.05, 0) is 44.5 Å². The van der Waals surface area contributed by atoms with Crippen molar-refractivity contribution in [1.29, 1.82) is 0 Å². The van der Waals surface area contributed by atoms with Gasteiger partial charge in [0.25, 0.3) is 0 Å². The van der Waals surface area contributed by atoms with Crippen molar-refractivity contribution < 1.29 is 18.0 Å². The first kappa shape index (κ1) is 19.8. The van der Waals surface area contributed by atoms with Gasteiger partial charge >= 0.3 is 6.18 Å². The standard InChI is InChI=1S/C16H21F3N2O.ClH/c1-20-10-4-7-15(22)21(13-8-9-13)11-12-5-2-3-6-14(12)16(17,18)19;/h2-3,5-6,13,20H,4,7-11H2,1H3;1H. The highest BCUT2D eigenvalue weighted by Crippen LogP contribution is 2.35. The Bertz CT molecular complexity index is 518. The van der Waals surface area contributed by atoms with Gasteiger partial charge in [0.15, 0.2) is 0 Å². The molecular formula is C16H22ClF3N2O. The topological polar surface area (TPSA) is 32.3 Å². The van der Waals surface area contributed by atoms with Gasteiger partial charge < -0.3 is 10.2 Å². The van der Waals surface area contributed by atoms with E-state index in [1.165, 1.54) is 12.1 Å². The van der Waals surface area contributed by atoms with Crippen LogP contribution in [0.5, 0.6) is 0 Å². The second-order valence-corrected chi connectivity index (χ2v) is 5.61. The summed E-state index contributed by atoms with van der Waals surface area (Å²) in [6.07, 6.45) is -1.57. The third kappa shape index (κ3) is 5.70. The SMILES string of the molecule is CNCCCC(=O)N(Cc1ccccc1C(F)(F)F)C1CC1.Cl. The first-order chi connectivity index (χ1) is 10.4. The molecule has 0 aromatic heterocycles. The molecule has 0 spiro atoms. The summed E-state index contributed by atoms with van der Waals surface area (Å²) in [6, 6.07) is 5.60.